The van der Waals surface area contributed by atoms with Crippen LogP contribution in [0, 0.1) is 0 Å². The van der Waals surface area contributed by atoms with Gasteiger partial charge in [-0.05, 0) is 36.2 Å². The highest BCUT2D eigenvalue weighted by Crippen LogP contribution is 2.36. The van der Waals surface area contributed by atoms with Gasteiger partial charge in [-0.2, -0.15) is 0 Å². The second-order valence-electron chi connectivity index (χ2n) is 5.42. The summed E-state index contributed by atoms with van der Waals surface area (Å²) < 4.78 is 27.9. The van der Waals surface area contributed by atoms with Gasteiger partial charge in [-0.15, -0.1) is 0 Å². The number of carboxylic acids is 1. The van der Waals surface area contributed by atoms with Crippen molar-refractivity contribution in [1.29, 1.82) is 0 Å². The van der Waals surface area contributed by atoms with Crippen LogP contribution in [-0.4, -0.2) is 29.7 Å². The molecule has 0 amide bonds. The quantitative estimate of drug-likeness (QED) is 0.480. The van der Waals surface area contributed by atoms with Crippen molar-refractivity contribution in [1.82, 2.24) is 0 Å². The summed E-state index contributed by atoms with van der Waals surface area (Å²) in [4.78, 5) is 10.7. The first-order valence-corrected chi connectivity index (χ1v) is 10.0. The number of halogens is 2. The standard InChI is InChI=1S/C16H15BrClNO6S/c1-2-3-8-4-9(17)5-13(14(8)20)26(24,25)19-12-7-10(18)6-11(15(12)21)16(22)23/h4-7,19-21H,2-3H2,1H3,(H,22,23). The molecule has 0 bridgehead atoms. The van der Waals surface area contributed by atoms with Gasteiger partial charge in [-0.25, -0.2) is 13.2 Å². The molecule has 0 spiro atoms. The van der Waals surface area contributed by atoms with E-state index in [0.717, 1.165) is 12.1 Å². The molecule has 140 valence electrons. The number of hydrogen-bond acceptors (Lipinski definition) is 5. The van der Waals surface area contributed by atoms with Crippen LogP contribution in [-0.2, 0) is 16.4 Å². The third-order valence-electron chi connectivity index (χ3n) is 3.48. The van der Waals surface area contributed by atoms with E-state index in [2.05, 4.69) is 20.7 Å². The molecule has 0 atom stereocenters. The van der Waals surface area contributed by atoms with Crippen molar-refractivity contribution in [3.8, 4) is 11.5 Å². The molecule has 0 saturated heterocycles. The molecular formula is C16H15BrClNO6S. The topological polar surface area (TPSA) is 124 Å². The molecule has 2 aromatic carbocycles. The van der Waals surface area contributed by atoms with Crippen molar-refractivity contribution in [3.63, 3.8) is 0 Å². The molecule has 2 rings (SSSR count). The molecule has 0 heterocycles. The highest BCUT2D eigenvalue weighted by molar-refractivity contribution is 9.10. The number of aromatic hydroxyl groups is 2. The zero-order valence-corrected chi connectivity index (χ0v) is 16.6. The Hall–Kier alpha value is -1.97. The second-order valence-corrected chi connectivity index (χ2v) is 8.42. The summed E-state index contributed by atoms with van der Waals surface area (Å²) >= 11 is 9.00. The van der Waals surface area contributed by atoms with Crippen molar-refractivity contribution in [3.05, 3.63) is 44.9 Å². The summed E-state index contributed by atoms with van der Waals surface area (Å²) in [7, 11) is -4.33. The zero-order chi connectivity index (χ0) is 19.6. The van der Waals surface area contributed by atoms with Crippen LogP contribution in [0.4, 0.5) is 5.69 Å². The normalized spacial score (nSPS) is 11.3. The predicted octanol–water partition coefficient (Wildman–Crippen LogP) is 3.97. The first-order chi connectivity index (χ1) is 12.1. The van der Waals surface area contributed by atoms with Gasteiger partial charge in [0.15, 0.2) is 5.75 Å². The van der Waals surface area contributed by atoms with Gasteiger partial charge in [0.2, 0.25) is 0 Å². The fraction of sp³-hybridized carbons (Fsp3) is 0.188. The summed E-state index contributed by atoms with van der Waals surface area (Å²) in [6.07, 6.45) is 1.15. The lowest BCUT2D eigenvalue weighted by Crippen LogP contribution is -2.14. The van der Waals surface area contributed by atoms with Crippen LogP contribution >= 0.6 is 27.5 Å². The minimum absolute atomic E-state index is 0.0805. The van der Waals surface area contributed by atoms with Gasteiger partial charge < -0.3 is 15.3 Å². The number of benzene rings is 2. The fourth-order valence-electron chi connectivity index (χ4n) is 2.33. The Morgan fingerprint density at radius 3 is 2.42 bits per heavy atom. The van der Waals surface area contributed by atoms with Crippen LogP contribution < -0.4 is 4.72 Å². The Bertz CT molecular complexity index is 977. The monoisotopic (exact) mass is 463 g/mol. The molecular weight excluding hydrogens is 450 g/mol. The van der Waals surface area contributed by atoms with E-state index in [4.69, 9.17) is 16.7 Å². The van der Waals surface area contributed by atoms with Crippen LogP contribution in [0.25, 0.3) is 0 Å². The van der Waals surface area contributed by atoms with Gasteiger partial charge in [0.1, 0.15) is 16.2 Å². The molecule has 0 aliphatic rings. The van der Waals surface area contributed by atoms with E-state index < -0.39 is 43.6 Å². The number of phenolic OH excluding ortho intramolecular Hbond substituents is 1. The van der Waals surface area contributed by atoms with Crippen molar-refractivity contribution < 1.29 is 28.5 Å². The van der Waals surface area contributed by atoms with Gasteiger partial charge in [-0.3, -0.25) is 4.72 Å². The van der Waals surface area contributed by atoms with E-state index in [0.29, 0.717) is 22.9 Å². The number of nitrogens with one attached hydrogen (secondary N) is 1. The van der Waals surface area contributed by atoms with Crippen molar-refractivity contribution in [2.45, 2.75) is 24.7 Å². The minimum atomic E-state index is -4.33. The molecule has 0 aliphatic carbocycles. The van der Waals surface area contributed by atoms with E-state index in [1.807, 2.05) is 6.92 Å². The highest BCUT2D eigenvalue weighted by Gasteiger charge is 2.25. The Balaban J connectivity index is 2.56. The molecule has 0 fully saturated rings. The zero-order valence-electron chi connectivity index (χ0n) is 13.5. The Labute approximate surface area is 163 Å². The number of hydrogen-bond donors (Lipinski definition) is 4. The van der Waals surface area contributed by atoms with Crippen LogP contribution in [0.3, 0.4) is 0 Å². The SMILES string of the molecule is CCCc1cc(Br)cc(S(=O)(=O)Nc2cc(Cl)cc(C(=O)O)c2O)c1O. The molecule has 0 aromatic heterocycles. The number of aryl methyl sites for hydroxylation is 1. The predicted molar refractivity (Wildman–Crippen MR) is 101 cm³/mol. The molecule has 0 radical (unpaired) electrons. The average molecular weight is 465 g/mol. The summed E-state index contributed by atoms with van der Waals surface area (Å²) in [6.45, 7) is 1.88. The molecule has 10 heteroatoms. The fourth-order valence-corrected chi connectivity index (χ4v) is 4.43. The van der Waals surface area contributed by atoms with Gasteiger partial charge in [-0.1, -0.05) is 40.9 Å². The smallest absolute Gasteiger partial charge is 0.339 e. The molecule has 0 aliphatic heterocycles. The number of sulfonamides is 1. The Morgan fingerprint density at radius 1 is 1.19 bits per heavy atom. The van der Waals surface area contributed by atoms with Gasteiger partial charge in [0.25, 0.3) is 10.0 Å². The lowest BCUT2D eigenvalue weighted by Gasteiger charge is -2.14. The number of carboxylic acid groups (broad SMARTS) is 1. The summed E-state index contributed by atoms with van der Waals surface area (Å²) in [5.74, 6) is -2.67. The van der Waals surface area contributed by atoms with E-state index in [9.17, 15) is 23.4 Å². The van der Waals surface area contributed by atoms with Crippen LogP contribution in [0.1, 0.15) is 29.3 Å². The Morgan fingerprint density at radius 2 is 1.85 bits per heavy atom. The van der Waals surface area contributed by atoms with Crippen molar-refractivity contribution >= 4 is 49.2 Å². The summed E-state index contributed by atoms with van der Waals surface area (Å²) in [6, 6.07) is 4.88. The van der Waals surface area contributed by atoms with E-state index in [-0.39, 0.29) is 5.02 Å². The third kappa shape index (κ3) is 4.22. The second kappa shape index (κ2) is 7.73. The maximum Gasteiger partial charge on any atom is 0.339 e. The highest BCUT2D eigenvalue weighted by atomic mass is 79.9. The number of aromatic carboxylic acids is 1. The number of rotatable bonds is 6. The lowest BCUT2D eigenvalue weighted by atomic mass is 10.1. The van der Waals surface area contributed by atoms with Crippen LogP contribution in [0.15, 0.2) is 33.6 Å². The molecule has 0 unspecified atom stereocenters. The van der Waals surface area contributed by atoms with Gasteiger partial charge in [0.05, 0.1) is 5.69 Å². The van der Waals surface area contributed by atoms with Crippen LogP contribution in [0.2, 0.25) is 5.02 Å². The largest absolute Gasteiger partial charge is 0.506 e. The van der Waals surface area contributed by atoms with Crippen LogP contribution in [0.5, 0.6) is 11.5 Å². The van der Waals surface area contributed by atoms with Crippen molar-refractivity contribution in [2.24, 2.45) is 0 Å². The van der Waals surface area contributed by atoms with E-state index >= 15 is 0 Å². The van der Waals surface area contributed by atoms with Gasteiger partial charge in [0, 0.05) is 9.50 Å². The number of anilines is 1. The summed E-state index contributed by atoms with van der Waals surface area (Å²) in [5.41, 5.74) is -0.532. The maximum absolute atomic E-state index is 12.7. The first-order valence-electron chi connectivity index (χ1n) is 7.36. The number of phenols is 2. The number of carbonyl (C=O) groups is 1. The Kier molecular flexibility index (Phi) is 6.05. The third-order valence-corrected chi connectivity index (χ3v) is 5.53. The van der Waals surface area contributed by atoms with E-state index in [1.54, 1.807) is 6.07 Å². The lowest BCUT2D eigenvalue weighted by molar-refractivity contribution is 0.0694. The van der Waals surface area contributed by atoms with E-state index in [1.165, 1.54) is 6.07 Å². The molecule has 26 heavy (non-hydrogen) atoms. The summed E-state index contributed by atoms with van der Waals surface area (Å²) in [5, 5.41) is 29.3. The molecule has 0 saturated carbocycles. The van der Waals surface area contributed by atoms with Gasteiger partial charge >= 0.3 is 5.97 Å². The maximum atomic E-state index is 12.7. The minimum Gasteiger partial charge on any atom is -0.506 e. The molecule has 4 N–H and O–H groups in total. The average Bonchev–Trinajstić information content (AvgIpc) is 2.53. The molecule has 7 nitrogen and oxygen atoms in total. The first kappa shape index (κ1) is 20.3. The molecule has 2 aromatic rings. The van der Waals surface area contributed by atoms with Crippen molar-refractivity contribution in [2.75, 3.05) is 4.72 Å².